The van der Waals surface area contributed by atoms with Crippen molar-refractivity contribution < 1.29 is 4.74 Å². The molecule has 0 aromatic rings. The van der Waals surface area contributed by atoms with E-state index in [1.54, 1.807) is 0 Å². The van der Waals surface area contributed by atoms with Crippen LogP contribution >= 0.6 is 0 Å². The Morgan fingerprint density at radius 3 is 2.50 bits per heavy atom. The van der Waals surface area contributed by atoms with Gasteiger partial charge in [-0.2, -0.15) is 0 Å². The molecule has 1 aliphatic carbocycles. The van der Waals surface area contributed by atoms with E-state index in [0.29, 0.717) is 10.8 Å². The van der Waals surface area contributed by atoms with E-state index >= 15 is 0 Å². The van der Waals surface area contributed by atoms with Crippen molar-refractivity contribution in [3.05, 3.63) is 0 Å². The van der Waals surface area contributed by atoms with Crippen LogP contribution in [0.5, 0.6) is 0 Å². The van der Waals surface area contributed by atoms with Gasteiger partial charge in [-0.15, -0.1) is 0 Å². The number of ether oxygens (including phenoxy) is 1. The first-order valence-corrected chi connectivity index (χ1v) is 7.63. The quantitative estimate of drug-likeness (QED) is 0.825. The third kappa shape index (κ3) is 1.75. The standard InChI is InChI=1S/C15H28N2O/c1-16-10-14(6-4-7-14)15(11-18-12-15)13-5-3-8-17(2)9-13/h13,16H,3-12H2,1-2H3. The number of nitrogens with zero attached hydrogens (tertiary/aromatic N) is 1. The molecular weight excluding hydrogens is 224 g/mol. The highest BCUT2D eigenvalue weighted by Gasteiger charge is 2.61. The van der Waals surface area contributed by atoms with E-state index in [-0.39, 0.29) is 0 Å². The van der Waals surface area contributed by atoms with Crippen LogP contribution in [0.3, 0.4) is 0 Å². The van der Waals surface area contributed by atoms with E-state index in [0.717, 1.165) is 19.1 Å². The molecule has 0 bridgehead atoms. The second-order valence-corrected chi connectivity index (χ2v) is 6.91. The first-order valence-electron chi connectivity index (χ1n) is 7.63. The summed E-state index contributed by atoms with van der Waals surface area (Å²) >= 11 is 0. The summed E-state index contributed by atoms with van der Waals surface area (Å²) in [6, 6.07) is 0. The van der Waals surface area contributed by atoms with Crippen LogP contribution < -0.4 is 5.32 Å². The van der Waals surface area contributed by atoms with Crippen molar-refractivity contribution in [3.63, 3.8) is 0 Å². The van der Waals surface area contributed by atoms with Gasteiger partial charge in [0.15, 0.2) is 0 Å². The molecule has 3 nitrogen and oxygen atoms in total. The molecule has 3 fully saturated rings. The van der Waals surface area contributed by atoms with Gasteiger partial charge in [0.2, 0.25) is 0 Å². The number of likely N-dealkylation sites (tertiary alicyclic amines) is 1. The molecule has 2 saturated heterocycles. The molecule has 0 amide bonds. The molecule has 2 heterocycles. The summed E-state index contributed by atoms with van der Waals surface area (Å²) < 4.78 is 5.71. The molecule has 2 aliphatic heterocycles. The molecule has 0 radical (unpaired) electrons. The lowest BCUT2D eigenvalue weighted by molar-refractivity contribution is -0.244. The molecule has 3 aliphatic rings. The zero-order valence-electron chi connectivity index (χ0n) is 12.0. The van der Waals surface area contributed by atoms with Gasteiger partial charge < -0.3 is 15.0 Å². The molecule has 1 saturated carbocycles. The Hall–Kier alpha value is -0.120. The van der Waals surface area contributed by atoms with Gasteiger partial charge in [-0.1, -0.05) is 6.42 Å². The summed E-state index contributed by atoms with van der Waals surface area (Å²) in [4.78, 5) is 2.53. The van der Waals surface area contributed by atoms with Gasteiger partial charge in [-0.3, -0.25) is 0 Å². The summed E-state index contributed by atoms with van der Waals surface area (Å²) in [7, 11) is 4.39. The first kappa shape index (κ1) is 12.9. The number of hydrogen-bond acceptors (Lipinski definition) is 3. The summed E-state index contributed by atoms with van der Waals surface area (Å²) in [6.45, 7) is 5.80. The van der Waals surface area contributed by atoms with Gasteiger partial charge in [0, 0.05) is 18.5 Å². The van der Waals surface area contributed by atoms with Crippen LogP contribution in [-0.2, 0) is 4.74 Å². The Labute approximate surface area is 111 Å². The van der Waals surface area contributed by atoms with Gasteiger partial charge in [-0.25, -0.2) is 0 Å². The molecule has 3 heteroatoms. The predicted octanol–water partition coefficient (Wildman–Crippen LogP) is 1.73. The molecule has 0 aromatic carbocycles. The number of piperidine rings is 1. The van der Waals surface area contributed by atoms with Crippen molar-refractivity contribution in [1.82, 2.24) is 10.2 Å². The predicted molar refractivity (Wildman–Crippen MR) is 73.7 cm³/mol. The average Bonchev–Trinajstić information content (AvgIpc) is 2.24. The van der Waals surface area contributed by atoms with E-state index in [1.165, 1.54) is 51.7 Å². The Bertz CT molecular complexity index is 297. The SMILES string of the molecule is CNCC1(C2(C3CCCN(C)C3)COC2)CCC1. The lowest BCUT2D eigenvalue weighted by Gasteiger charge is -2.64. The average molecular weight is 252 g/mol. The highest BCUT2D eigenvalue weighted by Crippen LogP contribution is 2.61. The number of rotatable bonds is 4. The summed E-state index contributed by atoms with van der Waals surface area (Å²) in [5.74, 6) is 0.860. The Balaban J connectivity index is 1.80. The van der Waals surface area contributed by atoms with Crippen LogP contribution in [0, 0.1) is 16.7 Å². The van der Waals surface area contributed by atoms with Crippen molar-refractivity contribution in [2.24, 2.45) is 16.7 Å². The molecule has 1 atom stereocenters. The lowest BCUT2D eigenvalue weighted by atomic mass is 9.47. The molecule has 104 valence electrons. The Kier molecular flexibility index (Phi) is 3.41. The van der Waals surface area contributed by atoms with Gasteiger partial charge >= 0.3 is 0 Å². The second-order valence-electron chi connectivity index (χ2n) is 6.91. The van der Waals surface area contributed by atoms with Crippen LogP contribution in [0.4, 0.5) is 0 Å². The fourth-order valence-electron chi connectivity index (χ4n) is 4.71. The molecule has 0 aromatic heterocycles. The highest BCUT2D eigenvalue weighted by molar-refractivity contribution is 5.10. The van der Waals surface area contributed by atoms with Crippen LogP contribution in [0.25, 0.3) is 0 Å². The number of nitrogens with one attached hydrogen (secondary N) is 1. The minimum absolute atomic E-state index is 0.489. The minimum Gasteiger partial charge on any atom is -0.380 e. The van der Waals surface area contributed by atoms with E-state index in [1.807, 2.05) is 0 Å². The Morgan fingerprint density at radius 1 is 1.28 bits per heavy atom. The molecule has 18 heavy (non-hydrogen) atoms. The fraction of sp³-hybridized carbons (Fsp3) is 1.00. The van der Waals surface area contributed by atoms with Crippen LogP contribution in [0.1, 0.15) is 32.1 Å². The molecule has 3 rings (SSSR count). The summed E-state index contributed by atoms with van der Waals surface area (Å²) in [6.07, 6.45) is 7.04. The van der Waals surface area contributed by atoms with Crippen LogP contribution in [0.15, 0.2) is 0 Å². The maximum Gasteiger partial charge on any atom is 0.0553 e. The van der Waals surface area contributed by atoms with E-state index in [4.69, 9.17) is 4.74 Å². The van der Waals surface area contributed by atoms with Gasteiger partial charge in [0.25, 0.3) is 0 Å². The van der Waals surface area contributed by atoms with Crippen molar-refractivity contribution in [2.75, 3.05) is 46.9 Å². The van der Waals surface area contributed by atoms with E-state index < -0.39 is 0 Å². The minimum atomic E-state index is 0.489. The Morgan fingerprint density at radius 2 is 2.06 bits per heavy atom. The van der Waals surface area contributed by atoms with E-state index in [9.17, 15) is 0 Å². The van der Waals surface area contributed by atoms with Crippen molar-refractivity contribution in [3.8, 4) is 0 Å². The van der Waals surface area contributed by atoms with Gasteiger partial charge in [-0.05, 0) is 57.7 Å². The van der Waals surface area contributed by atoms with Crippen LogP contribution in [-0.4, -0.2) is 51.8 Å². The first-order chi connectivity index (χ1) is 8.72. The summed E-state index contributed by atoms with van der Waals surface area (Å²) in [5, 5.41) is 3.47. The maximum absolute atomic E-state index is 5.71. The fourth-order valence-corrected chi connectivity index (χ4v) is 4.71. The lowest BCUT2D eigenvalue weighted by Crippen LogP contribution is -2.66. The topological polar surface area (TPSA) is 24.5 Å². The molecule has 0 spiro atoms. The van der Waals surface area contributed by atoms with Gasteiger partial charge in [0.1, 0.15) is 0 Å². The zero-order valence-corrected chi connectivity index (χ0v) is 12.0. The largest absolute Gasteiger partial charge is 0.380 e. The second kappa shape index (κ2) is 4.77. The van der Waals surface area contributed by atoms with Gasteiger partial charge in [0.05, 0.1) is 13.2 Å². The summed E-state index contributed by atoms with van der Waals surface area (Å²) in [5.41, 5.74) is 1.03. The zero-order chi connectivity index (χ0) is 12.6. The maximum atomic E-state index is 5.71. The van der Waals surface area contributed by atoms with E-state index in [2.05, 4.69) is 24.3 Å². The van der Waals surface area contributed by atoms with Crippen molar-refractivity contribution in [2.45, 2.75) is 32.1 Å². The van der Waals surface area contributed by atoms with Crippen LogP contribution in [0.2, 0.25) is 0 Å². The third-order valence-electron chi connectivity index (χ3n) is 6.01. The number of hydrogen-bond donors (Lipinski definition) is 1. The normalized spacial score (nSPS) is 34.7. The molecular formula is C15H28N2O. The van der Waals surface area contributed by atoms with Crippen molar-refractivity contribution in [1.29, 1.82) is 0 Å². The molecule has 1 N–H and O–H groups in total. The smallest absolute Gasteiger partial charge is 0.0553 e. The van der Waals surface area contributed by atoms with Crippen molar-refractivity contribution >= 4 is 0 Å². The third-order valence-corrected chi connectivity index (χ3v) is 6.01. The highest BCUT2D eigenvalue weighted by atomic mass is 16.5. The molecule has 1 unspecified atom stereocenters. The monoisotopic (exact) mass is 252 g/mol.